The van der Waals surface area contributed by atoms with Crippen LogP contribution in [0, 0.1) is 0 Å². The van der Waals surface area contributed by atoms with E-state index in [0.29, 0.717) is 0 Å². The van der Waals surface area contributed by atoms with Crippen molar-refractivity contribution >= 4 is 27.7 Å². The van der Waals surface area contributed by atoms with Gasteiger partial charge in [0.1, 0.15) is 11.1 Å². The van der Waals surface area contributed by atoms with E-state index in [4.69, 9.17) is 15.6 Å². The quantitative estimate of drug-likeness (QED) is 0.686. The molecule has 1 unspecified atom stereocenters. The van der Waals surface area contributed by atoms with Crippen LogP contribution in [-0.2, 0) is 14.8 Å². The first kappa shape index (κ1) is 13.5. The molecule has 0 radical (unpaired) electrons. The molecular formula is C9H13N5O4S. The van der Waals surface area contributed by atoms with Crippen LogP contribution in [0.4, 0.5) is 11.8 Å². The lowest BCUT2D eigenvalue weighted by atomic mass is 10.4. The van der Waals surface area contributed by atoms with Gasteiger partial charge in [0.15, 0.2) is 0 Å². The van der Waals surface area contributed by atoms with Crippen molar-refractivity contribution in [2.75, 3.05) is 24.3 Å². The molecule has 0 aliphatic carbocycles. The minimum Gasteiger partial charge on any atom is -0.481 e. The second kappa shape index (κ2) is 4.63. The van der Waals surface area contributed by atoms with Crippen molar-refractivity contribution in [1.29, 1.82) is 0 Å². The molecule has 1 aliphatic heterocycles. The number of amides is 1. The molecule has 0 bridgehead atoms. The Kier molecular flexibility index (Phi) is 3.28. The summed E-state index contributed by atoms with van der Waals surface area (Å²) >= 11 is 0. The molecule has 0 aromatic carbocycles. The molecule has 104 valence electrons. The number of aromatic nitrogens is 2. The number of nitrogens with zero attached hydrogens (tertiary/aromatic N) is 3. The third-order valence-electron chi connectivity index (χ3n) is 2.75. The van der Waals surface area contributed by atoms with Crippen molar-refractivity contribution in [3.63, 3.8) is 0 Å². The molecule has 2 rings (SSSR count). The van der Waals surface area contributed by atoms with E-state index in [-0.39, 0.29) is 36.5 Å². The fraction of sp³-hybridized carbons (Fsp3) is 0.444. The number of methoxy groups -OCH3 is 1. The summed E-state index contributed by atoms with van der Waals surface area (Å²) in [5, 5.41) is 4.10. The standard InChI is InChI=1S/C9H13N5O4S/c1-18-7-3-6(12-9(10)13-7)14-4-5(2-8(14)15)19(11,16)17/h3,5H,2,4H2,1H3,(H2,10,12,13)(H2,11,16,17). The number of rotatable bonds is 3. The van der Waals surface area contributed by atoms with E-state index >= 15 is 0 Å². The molecule has 9 nitrogen and oxygen atoms in total. The highest BCUT2D eigenvalue weighted by atomic mass is 32.2. The second-order valence-corrected chi connectivity index (χ2v) is 5.89. The number of ether oxygens (including phenoxy) is 1. The van der Waals surface area contributed by atoms with Gasteiger partial charge < -0.3 is 10.5 Å². The first-order valence-corrected chi connectivity index (χ1v) is 6.92. The molecule has 0 saturated carbocycles. The van der Waals surface area contributed by atoms with Gasteiger partial charge >= 0.3 is 0 Å². The van der Waals surface area contributed by atoms with Gasteiger partial charge in [0.05, 0.1) is 7.11 Å². The number of sulfonamides is 1. The number of primary sulfonamides is 1. The first-order valence-electron chi connectivity index (χ1n) is 5.32. The van der Waals surface area contributed by atoms with Crippen LogP contribution in [0.5, 0.6) is 5.88 Å². The zero-order valence-corrected chi connectivity index (χ0v) is 10.9. The van der Waals surface area contributed by atoms with Crippen molar-refractivity contribution < 1.29 is 17.9 Å². The van der Waals surface area contributed by atoms with Crippen LogP contribution in [0.2, 0.25) is 0 Å². The number of nitrogens with two attached hydrogens (primary N) is 2. The highest BCUT2D eigenvalue weighted by molar-refractivity contribution is 7.89. The summed E-state index contributed by atoms with van der Waals surface area (Å²) in [4.78, 5) is 20.7. The summed E-state index contributed by atoms with van der Waals surface area (Å²) in [6.45, 7) is -0.0583. The summed E-state index contributed by atoms with van der Waals surface area (Å²) in [6, 6.07) is 1.40. The molecule has 0 spiro atoms. The molecule has 1 aromatic heterocycles. The van der Waals surface area contributed by atoms with Crippen molar-refractivity contribution in [3.8, 4) is 5.88 Å². The van der Waals surface area contributed by atoms with Gasteiger partial charge in [0, 0.05) is 19.0 Å². The summed E-state index contributed by atoms with van der Waals surface area (Å²) in [6.07, 6.45) is -0.176. The largest absolute Gasteiger partial charge is 0.481 e. The van der Waals surface area contributed by atoms with Crippen molar-refractivity contribution in [3.05, 3.63) is 6.07 Å². The first-order chi connectivity index (χ1) is 8.81. The summed E-state index contributed by atoms with van der Waals surface area (Å²) in [5.74, 6) is -0.0739. The van der Waals surface area contributed by atoms with Crippen LogP contribution in [0.3, 0.4) is 0 Å². The number of carbonyl (C=O) groups excluding carboxylic acids is 1. The van der Waals surface area contributed by atoms with Crippen molar-refractivity contribution in [2.24, 2.45) is 5.14 Å². The van der Waals surface area contributed by atoms with Gasteiger partial charge in [0.2, 0.25) is 27.8 Å². The summed E-state index contributed by atoms with van der Waals surface area (Å²) in [5.41, 5.74) is 5.49. The van der Waals surface area contributed by atoms with E-state index in [1.54, 1.807) is 0 Å². The van der Waals surface area contributed by atoms with Gasteiger partial charge in [-0.15, -0.1) is 0 Å². The smallest absolute Gasteiger partial charge is 0.229 e. The van der Waals surface area contributed by atoms with E-state index in [9.17, 15) is 13.2 Å². The normalized spacial score (nSPS) is 19.8. The molecular weight excluding hydrogens is 274 g/mol. The fourth-order valence-corrected chi connectivity index (χ4v) is 2.52. The third kappa shape index (κ3) is 2.74. The Hall–Kier alpha value is -1.94. The van der Waals surface area contributed by atoms with E-state index in [1.807, 2.05) is 0 Å². The zero-order valence-electron chi connectivity index (χ0n) is 10.1. The molecule has 1 fully saturated rings. The monoisotopic (exact) mass is 287 g/mol. The molecule has 1 saturated heterocycles. The van der Waals surface area contributed by atoms with E-state index in [2.05, 4.69) is 9.97 Å². The number of hydrogen-bond acceptors (Lipinski definition) is 7. The van der Waals surface area contributed by atoms with Crippen molar-refractivity contribution in [2.45, 2.75) is 11.7 Å². The molecule has 2 heterocycles. The Morgan fingerprint density at radius 2 is 2.16 bits per heavy atom. The van der Waals surface area contributed by atoms with Crippen LogP contribution in [-0.4, -0.2) is 43.2 Å². The Morgan fingerprint density at radius 3 is 2.68 bits per heavy atom. The molecule has 10 heteroatoms. The van der Waals surface area contributed by atoms with Crippen LogP contribution in [0.25, 0.3) is 0 Å². The average molecular weight is 287 g/mol. The molecule has 4 N–H and O–H groups in total. The molecule has 1 aromatic rings. The number of nitrogen functional groups attached to an aromatic ring is 1. The van der Waals surface area contributed by atoms with Crippen LogP contribution < -0.4 is 20.5 Å². The highest BCUT2D eigenvalue weighted by Crippen LogP contribution is 2.25. The van der Waals surface area contributed by atoms with E-state index < -0.39 is 15.3 Å². The summed E-state index contributed by atoms with van der Waals surface area (Å²) < 4.78 is 27.4. The Labute approximate surface area is 109 Å². The summed E-state index contributed by atoms with van der Waals surface area (Å²) in [7, 11) is -2.38. The Balaban J connectivity index is 2.33. The maximum Gasteiger partial charge on any atom is 0.229 e. The van der Waals surface area contributed by atoms with Crippen LogP contribution in [0.1, 0.15) is 6.42 Å². The second-order valence-electron chi connectivity index (χ2n) is 4.05. The lowest BCUT2D eigenvalue weighted by Crippen LogP contribution is -2.32. The number of hydrogen-bond donors (Lipinski definition) is 2. The fourth-order valence-electron chi connectivity index (χ4n) is 1.79. The van der Waals surface area contributed by atoms with E-state index in [1.165, 1.54) is 18.1 Å². The molecule has 1 amide bonds. The van der Waals surface area contributed by atoms with Gasteiger partial charge in [-0.05, 0) is 0 Å². The number of anilines is 2. The predicted octanol–water partition coefficient (Wildman–Crippen LogP) is -1.54. The minimum atomic E-state index is -3.77. The highest BCUT2D eigenvalue weighted by Gasteiger charge is 2.38. The van der Waals surface area contributed by atoms with Gasteiger partial charge in [-0.2, -0.15) is 9.97 Å². The van der Waals surface area contributed by atoms with Crippen LogP contribution >= 0.6 is 0 Å². The zero-order chi connectivity index (χ0) is 14.2. The topological polar surface area (TPSA) is 142 Å². The van der Waals surface area contributed by atoms with Gasteiger partial charge in [-0.3, -0.25) is 9.69 Å². The van der Waals surface area contributed by atoms with E-state index in [0.717, 1.165) is 0 Å². The third-order valence-corrected chi connectivity index (χ3v) is 3.99. The van der Waals surface area contributed by atoms with Crippen molar-refractivity contribution in [1.82, 2.24) is 9.97 Å². The SMILES string of the molecule is COc1cc(N2CC(S(N)(=O)=O)CC2=O)nc(N)n1. The Morgan fingerprint density at radius 1 is 1.47 bits per heavy atom. The predicted molar refractivity (Wildman–Crippen MR) is 66.9 cm³/mol. The number of carbonyl (C=O) groups is 1. The van der Waals surface area contributed by atoms with Gasteiger partial charge in [-0.25, -0.2) is 13.6 Å². The lowest BCUT2D eigenvalue weighted by Gasteiger charge is -2.15. The molecule has 19 heavy (non-hydrogen) atoms. The van der Waals surface area contributed by atoms with Gasteiger partial charge in [0.25, 0.3) is 0 Å². The maximum atomic E-state index is 11.8. The maximum absolute atomic E-state index is 11.8. The Bertz CT molecular complexity index is 617. The average Bonchev–Trinajstić information content (AvgIpc) is 2.70. The lowest BCUT2D eigenvalue weighted by molar-refractivity contribution is -0.117. The van der Waals surface area contributed by atoms with Crippen LogP contribution in [0.15, 0.2) is 6.07 Å². The molecule has 1 atom stereocenters. The molecule has 1 aliphatic rings. The minimum absolute atomic E-state index is 0.0583. The van der Waals surface area contributed by atoms with Gasteiger partial charge in [-0.1, -0.05) is 0 Å².